The number of imidazole rings is 1. The second-order valence-electron chi connectivity index (χ2n) is 5.12. The zero-order valence-electron chi connectivity index (χ0n) is 11.3. The molecule has 2 rings (SSSR count). The normalized spacial score (nSPS) is 18.7. The van der Waals surface area contributed by atoms with E-state index in [1.54, 1.807) is 6.92 Å². The lowest BCUT2D eigenvalue weighted by molar-refractivity contribution is -0.124. The van der Waals surface area contributed by atoms with Crippen LogP contribution in [-0.2, 0) is 13.8 Å². The Bertz CT molecular complexity index is 579. The van der Waals surface area contributed by atoms with E-state index in [0.29, 0.717) is 0 Å². The third-order valence-corrected chi connectivity index (χ3v) is 4.79. The molecule has 0 bridgehead atoms. The number of nitrogens with zero attached hydrogens (tertiary/aromatic N) is 2. The first-order valence-electron chi connectivity index (χ1n) is 6.66. The van der Waals surface area contributed by atoms with Crippen LogP contribution in [0.4, 0.5) is 0 Å². The zero-order valence-corrected chi connectivity index (χ0v) is 12.8. The minimum atomic E-state index is -3.86. The van der Waals surface area contributed by atoms with Gasteiger partial charge in [0.2, 0.25) is 5.91 Å². The maximum absolute atomic E-state index is 12.1. The molecule has 8 heteroatoms. The summed E-state index contributed by atoms with van der Waals surface area (Å²) < 4.78 is 23.7. The van der Waals surface area contributed by atoms with Crippen molar-refractivity contribution in [3.63, 3.8) is 0 Å². The topological polar surface area (TPSA) is 81.1 Å². The van der Waals surface area contributed by atoms with Crippen molar-refractivity contribution in [2.75, 3.05) is 0 Å². The average Bonchev–Trinajstić information content (AvgIpc) is 2.88. The molecule has 1 saturated carbocycles. The third-order valence-electron chi connectivity index (χ3n) is 3.61. The Morgan fingerprint density at radius 3 is 2.65 bits per heavy atom. The number of rotatable bonds is 4. The molecule has 0 spiro atoms. The van der Waals surface area contributed by atoms with Gasteiger partial charge in [-0.2, -0.15) is 0 Å². The lowest BCUT2D eigenvalue weighted by Gasteiger charge is -2.24. The molecule has 0 saturated heterocycles. The van der Waals surface area contributed by atoms with Crippen LogP contribution in [-0.4, -0.2) is 29.9 Å². The van der Waals surface area contributed by atoms with Crippen LogP contribution in [0.15, 0.2) is 17.6 Å². The van der Waals surface area contributed by atoms with E-state index in [2.05, 4.69) is 10.3 Å². The number of aromatic nitrogens is 2. The van der Waals surface area contributed by atoms with Gasteiger partial charge in [0.15, 0.2) is 5.03 Å². The highest BCUT2D eigenvalue weighted by Crippen LogP contribution is 2.19. The smallest absolute Gasteiger partial charge is 0.280 e. The van der Waals surface area contributed by atoms with Crippen molar-refractivity contribution in [2.45, 2.75) is 56.1 Å². The molecule has 1 N–H and O–H groups in total. The maximum atomic E-state index is 12.1. The van der Waals surface area contributed by atoms with Crippen molar-refractivity contribution in [3.8, 4) is 0 Å². The van der Waals surface area contributed by atoms with E-state index < -0.39 is 15.1 Å². The molecule has 1 aliphatic rings. The van der Waals surface area contributed by atoms with Gasteiger partial charge in [0.1, 0.15) is 6.04 Å². The van der Waals surface area contributed by atoms with Crippen LogP contribution in [0.2, 0.25) is 0 Å². The summed E-state index contributed by atoms with van der Waals surface area (Å²) in [5, 5.41) is 2.76. The van der Waals surface area contributed by atoms with Gasteiger partial charge in [0.25, 0.3) is 9.05 Å². The van der Waals surface area contributed by atoms with Crippen molar-refractivity contribution in [1.82, 2.24) is 14.9 Å². The Labute approximate surface area is 122 Å². The lowest BCUT2D eigenvalue weighted by Crippen LogP contribution is -2.39. The molecule has 20 heavy (non-hydrogen) atoms. The summed E-state index contributed by atoms with van der Waals surface area (Å²) in [6.45, 7) is 1.70. The highest BCUT2D eigenvalue weighted by molar-refractivity contribution is 8.13. The van der Waals surface area contributed by atoms with Crippen LogP contribution in [0.1, 0.15) is 45.1 Å². The minimum Gasteiger partial charge on any atom is -0.352 e. The molecule has 0 radical (unpaired) electrons. The molecule has 1 aromatic rings. The first-order chi connectivity index (χ1) is 9.38. The van der Waals surface area contributed by atoms with E-state index >= 15 is 0 Å². The Balaban J connectivity index is 2.01. The SMILES string of the molecule is CC(C(=O)NC1CCCCC1)n1cnc(S(=O)(=O)Cl)c1. The Kier molecular flexibility index (Phi) is 4.70. The van der Waals surface area contributed by atoms with E-state index in [1.807, 2.05) is 0 Å². The predicted octanol–water partition coefficient (Wildman–Crippen LogP) is 1.82. The molecule has 1 aromatic heterocycles. The van der Waals surface area contributed by atoms with E-state index in [9.17, 15) is 13.2 Å². The molecule has 1 amide bonds. The molecule has 1 heterocycles. The second-order valence-corrected chi connectivity index (χ2v) is 7.63. The quantitative estimate of drug-likeness (QED) is 0.858. The van der Waals surface area contributed by atoms with Crippen molar-refractivity contribution in [1.29, 1.82) is 0 Å². The van der Waals surface area contributed by atoms with Gasteiger partial charge in [-0.25, -0.2) is 13.4 Å². The van der Waals surface area contributed by atoms with Gasteiger partial charge in [-0.3, -0.25) is 4.79 Å². The Morgan fingerprint density at radius 2 is 2.10 bits per heavy atom. The number of amides is 1. The summed E-state index contributed by atoms with van der Waals surface area (Å²) in [7, 11) is 1.35. The van der Waals surface area contributed by atoms with Crippen molar-refractivity contribution < 1.29 is 13.2 Å². The largest absolute Gasteiger partial charge is 0.352 e. The molecule has 0 aliphatic heterocycles. The number of hydrogen-bond donors (Lipinski definition) is 1. The summed E-state index contributed by atoms with van der Waals surface area (Å²) in [5.41, 5.74) is 0. The van der Waals surface area contributed by atoms with Gasteiger partial charge in [-0.15, -0.1) is 0 Å². The van der Waals surface area contributed by atoms with Crippen LogP contribution in [0, 0.1) is 0 Å². The fraction of sp³-hybridized carbons (Fsp3) is 0.667. The van der Waals surface area contributed by atoms with Gasteiger partial charge in [-0.05, 0) is 19.8 Å². The maximum Gasteiger partial charge on any atom is 0.280 e. The average molecular weight is 320 g/mol. The molecule has 0 aromatic carbocycles. The van der Waals surface area contributed by atoms with Gasteiger partial charge in [-0.1, -0.05) is 19.3 Å². The molecule has 112 valence electrons. The fourth-order valence-electron chi connectivity index (χ4n) is 2.36. The molecular weight excluding hydrogens is 302 g/mol. The minimum absolute atomic E-state index is 0.132. The molecule has 1 aliphatic carbocycles. The standard InChI is InChI=1S/C12H18ClN3O3S/c1-9(12(17)15-10-5-3-2-4-6-10)16-7-11(14-8-16)20(13,18)19/h7-10H,2-6H2,1H3,(H,15,17). The summed E-state index contributed by atoms with van der Waals surface area (Å²) in [6, 6.07) is -0.296. The Morgan fingerprint density at radius 1 is 1.45 bits per heavy atom. The van der Waals surface area contributed by atoms with Crippen LogP contribution < -0.4 is 5.32 Å². The molecule has 6 nitrogen and oxygen atoms in total. The molecular formula is C12H18ClN3O3S. The van der Waals surface area contributed by atoms with Gasteiger partial charge in [0.05, 0.1) is 6.33 Å². The first-order valence-corrected chi connectivity index (χ1v) is 8.97. The molecule has 1 atom stereocenters. The first kappa shape index (κ1) is 15.3. The summed E-state index contributed by atoms with van der Waals surface area (Å²) >= 11 is 0. The summed E-state index contributed by atoms with van der Waals surface area (Å²) in [6.07, 6.45) is 8.08. The van der Waals surface area contributed by atoms with E-state index in [4.69, 9.17) is 10.7 Å². The van der Waals surface area contributed by atoms with Crippen molar-refractivity contribution in [3.05, 3.63) is 12.5 Å². The van der Waals surface area contributed by atoms with Crippen LogP contribution >= 0.6 is 10.7 Å². The predicted molar refractivity (Wildman–Crippen MR) is 75.0 cm³/mol. The monoisotopic (exact) mass is 319 g/mol. The number of halogens is 1. The van der Waals surface area contributed by atoms with Gasteiger partial charge < -0.3 is 9.88 Å². The lowest BCUT2D eigenvalue weighted by atomic mass is 9.95. The second kappa shape index (κ2) is 6.13. The highest BCUT2D eigenvalue weighted by atomic mass is 35.7. The van der Waals surface area contributed by atoms with Crippen LogP contribution in [0.5, 0.6) is 0 Å². The van der Waals surface area contributed by atoms with Gasteiger partial charge in [0, 0.05) is 22.9 Å². The number of carbonyl (C=O) groups is 1. The van der Waals surface area contributed by atoms with Crippen LogP contribution in [0.3, 0.4) is 0 Å². The zero-order chi connectivity index (χ0) is 14.8. The number of hydrogen-bond acceptors (Lipinski definition) is 4. The Hall–Kier alpha value is -1.08. The fourth-order valence-corrected chi connectivity index (χ4v) is 3.02. The van der Waals surface area contributed by atoms with Gasteiger partial charge >= 0.3 is 0 Å². The van der Waals surface area contributed by atoms with E-state index in [-0.39, 0.29) is 17.0 Å². The molecule has 1 unspecified atom stereocenters. The summed E-state index contributed by atoms with van der Waals surface area (Å²) in [4.78, 5) is 15.8. The van der Waals surface area contributed by atoms with Crippen LogP contribution in [0.25, 0.3) is 0 Å². The van der Waals surface area contributed by atoms with E-state index in [0.717, 1.165) is 25.7 Å². The number of carbonyl (C=O) groups excluding carboxylic acids is 1. The van der Waals surface area contributed by atoms with Crippen molar-refractivity contribution in [2.24, 2.45) is 0 Å². The number of nitrogens with one attached hydrogen (secondary N) is 1. The third kappa shape index (κ3) is 3.73. The summed E-state index contributed by atoms with van der Waals surface area (Å²) in [5.74, 6) is -0.132. The van der Waals surface area contributed by atoms with E-state index in [1.165, 1.54) is 23.5 Å². The molecule has 1 fully saturated rings. The van der Waals surface area contributed by atoms with Crippen molar-refractivity contribution >= 4 is 25.6 Å². The highest BCUT2D eigenvalue weighted by Gasteiger charge is 2.22.